The minimum atomic E-state index is -0.979. The Hall–Kier alpha value is -3.40. The van der Waals surface area contributed by atoms with Crippen molar-refractivity contribution >= 4 is 11.9 Å². The third-order valence-electron chi connectivity index (χ3n) is 7.48. The van der Waals surface area contributed by atoms with E-state index < -0.39 is 11.9 Å². The van der Waals surface area contributed by atoms with Gasteiger partial charge in [-0.3, -0.25) is 0 Å². The van der Waals surface area contributed by atoms with Crippen molar-refractivity contribution in [2.45, 2.75) is 77.6 Å². The number of aromatic carboxylic acids is 2. The zero-order valence-corrected chi connectivity index (χ0v) is 21.5. The molecule has 0 aromatic heterocycles. The molecule has 0 radical (unpaired) electrons. The fraction of sp³-hybridized carbons (Fsp3) is 0.375. The van der Waals surface area contributed by atoms with Gasteiger partial charge in [0.05, 0.1) is 11.1 Å². The van der Waals surface area contributed by atoms with E-state index in [0.29, 0.717) is 17.0 Å². The third-order valence-corrected chi connectivity index (χ3v) is 7.48. The number of rotatable bonds is 8. The van der Waals surface area contributed by atoms with Gasteiger partial charge in [-0.05, 0) is 82.2 Å². The molecular formula is C32H36O4. The average molecular weight is 485 g/mol. The van der Waals surface area contributed by atoms with Crippen LogP contribution in [-0.2, 0) is 6.42 Å². The van der Waals surface area contributed by atoms with E-state index in [1.165, 1.54) is 24.8 Å². The Morgan fingerprint density at radius 1 is 0.833 bits per heavy atom. The summed E-state index contributed by atoms with van der Waals surface area (Å²) in [7, 11) is 0. The van der Waals surface area contributed by atoms with E-state index in [1.54, 1.807) is 24.3 Å². The van der Waals surface area contributed by atoms with E-state index in [2.05, 4.69) is 26.8 Å². The fourth-order valence-electron chi connectivity index (χ4n) is 5.98. The second kappa shape index (κ2) is 11.1. The zero-order chi connectivity index (χ0) is 25.8. The minimum Gasteiger partial charge on any atom is -0.478 e. The first-order valence-corrected chi connectivity index (χ1v) is 13.2. The molecule has 0 aliphatic heterocycles. The van der Waals surface area contributed by atoms with Crippen molar-refractivity contribution in [3.63, 3.8) is 0 Å². The lowest BCUT2D eigenvalue weighted by Gasteiger charge is -2.31. The maximum absolute atomic E-state index is 12.4. The third kappa shape index (κ3) is 4.95. The Labute approximate surface area is 214 Å². The molecule has 4 rings (SSSR count). The van der Waals surface area contributed by atoms with Crippen LogP contribution in [0.25, 0.3) is 22.3 Å². The van der Waals surface area contributed by atoms with Crippen LogP contribution >= 0.6 is 0 Å². The van der Waals surface area contributed by atoms with Crippen LogP contribution in [0.3, 0.4) is 0 Å². The molecule has 4 heteroatoms. The molecule has 3 aromatic rings. The lowest BCUT2D eigenvalue weighted by atomic mass is 9.73. The number of hydrogen-bond donors (Lipinski definition) is 2. The molecule has 0 bridgehead atoms. The van der Waals surface area contributed by atoms with Crippen molar-refractivity contribution in [3.05, 3.63) is 82.4 Å². The standard InChI is InChI=1S/C32H36O4/c1-4-12-22-19-27(21-13-6-5-7-14-21)28(20(2)3)30(24-16-9-11-18-26(24)32(35)36)29(22)23-15-8-10-17-25(23)31(33)34/h8-11,15-21H,4-7,12-14H2,1-3H3,(H,33,34)(H,35,36). The van der Waals surface area contributed by atoms with E-state index in [-0.39, 0.29) is 17.0 Å². The zero-order valence-electron chi connectivity index (χ0n) is 21.5. The number of carboxylic acids is 2. The van der Waals surface area contributed by atoms with Crippen LogP contribution in [0, 0.1) is 0 Å². The van der Waals surface area contributed by atoms with Crippen molar-refractivity contribution in [3.8, 4) is 22.3 Å². The second-order valence-electron chi connectivity index (χ2n) is 10.2. The average Bonchev–Trinajstić information content (AvgIpc) is 2.88. The summed E-state index contributed by atoms with van der Waals surface area (Å²) in [5.41, 5.74) is 7.15. The molecule has 0 spiro atoms. The maximum atomic E-state index is 12.4. The summed E-state index contributed by atoms with van der Waals surface area (Å²) in [6.45, 7) is 6.47. The van der Waals surface area contributed by atoms with Gasteiger partial charge in [0.25, 0.3) is 0 Å². The Balaban J connectivity index is 2.21. The first kappa shape index (κ1) is 25.7. The van der Waals surface area contributed by atoms with Crippen molar-refractivity contribution in [2.75, 3.05) is 0 Å². The number of carboxylic acid groups (broad SMARTS) is 2. The van der Waals surface area contributed by atoms with Crippen LogP contribution in [0.1, 0.15) is 109 Å². The normalized spacial score (nSPS) is 14.2. The number of aryl methyl sites for hydroxylation is 1. The van der Waals surface area contributed by atoms with E-state index in [1.807, 2.05) is 24.3 Å². The monoisotopic (exact) mass is 484 g/mol. The molecule has 1 fully saturated rings. The molecule has 0 amide bonds. The largest absolute Gasteiger partial charge is 0.478 e. The fourth-order valence-corrected chi connectivity index (χ4v) is 5.98. The van der Waals surface area contributed by atoms with Gasteiger partial charge in [-0.15, -0.1) is 0 Å². The second-order valence-corrected chi connectivity index (χ2v) is 10.2. The topological polar surface area (TPSA) is 74.6 Å². The number of carbonyl (C=O) groups is 2. The predicted octanol–water partition coefficient (Wildman–Crippen LogP) is 8.54. The van der Waals surface area contributed by atoms with Crippen LogP contribution in [0.4, 0.5) is 0 Å². The molecule has 0 unspecified atom stereocenters. The van der Waals surface area contributed by atoms with Gasteiger partial charge in [0.2, 0.25) is 0 Å². The molecular weight excluding hydrogens is 448 g/mol. The predicted molar refractivity (Wildman–Crippen MR) is 145 cm³/mol. The molecule has 4 nitrogen and oxygen atoms in total. The Morgan fingerprint density at radius 3 is 1.86 bits per heavy atom. The van der Waals surface area contributed by atoms with Gasteiger partial charge in [-0.25, -0.2) is 9.59 Å². The van der Waals surface area contributed by atoms with Crippen LogP contribution < -0.4 is 0 Å². The van der Waals surface area contributed by atoms with Gasteiger partial charge in [-0.2, -0.15) is 0 Å². The van der Waals surface area contributed by atoms with Crippen LogP contribution in [0.5, 0.6) is 0 Å². The highest BCUT2D eigenvalue weighted by Crippen LogP contribution is 2.48. The van der Waals surface area contributed by atoms with Crippen molar-refractivity contribution in [1.82, 2.24) is 0 Å². The van der Waals surface area contributed by atoms with Crippen LogP contribution in [-0.4, -0.2) is 22.2 Å². The van der Waals surface area contributed by atoms with Gasteiger partial charge < -0.3 is 10.2 Å². The smallest absolute Gasteiger partial charge is 0.336 e. The molecule has 36 heavy (non-hydrogen) atoms. The van der Waals surface area contributed by atoms with E-state index in [4.69, 9.17) is 0 Å². The highest BCUT2D eigenvalue weighted by molar-refractivity contribution is 6.04. The summed E-state index contributed by atoms with van der Waals surface area (Å²) in [6, 6.07) is 16.6. The quantitative estimate of drug-likeness (QED) is 0.336. The van der Waals surface area contributed by atoms with Gasteiger partial charge in [0, 0.05) is 0 Å². The molecule has 2 N–H and O–H groups in total. The highest BCUT2D eigenvalue weighted by atomic mass is 16.4. The van der Waals surface area contributed by atoms with Gasteiger partial charge in [-0.1, -0.05) is 88.9 Å². The number of benzene rings is 3. The first-order chi connectivity index (χ1) is 17.3. The van der Waals surface area contributed by atoms with E-state index >= 15 is 0 Å². The van der Waals surface area contributed by atoms with Crippen molar-refractivity contribution in [2.24, 2.45) is 0 Å². The van der Waals surface area contributed by atoms with Crippen LogP contribution in [0.2, 0.25) is 0 Å². The SMILES string of the molecule is CCCc1cc(C2CCCCC2)c(C(C)C)c(-c2ccccc2C(=O)O)c1-c1ccccc1C(=O)O. The summed E-state index contributed by atoms with van der Waals surface area (Å²) in [5, 5.41) is 20.3. The Morgan fingerprint density at radius 2 is 1.36 bits per heavy atom. The highest BCUT2D eigenvalue weighted by Gasteiger charge is 2.29. The lowest BCUT2D eigenvalue weighted by molar-refractivity contribution is 0.0686. The summed E-state index contributed by atoms with van der Waals surface area (Å²) in [5.74, 6) is -1.37. The molecule has 0 saturated heterocycles. The molecule has 188 valence electrons. The van der Waals surface area contributed by atoms with Crippen LogP contribution in [0.15, 0.2) is 54.6 Å². The molecule has 0 heterocycles. The Bertz CT molecular complexity index is 1270. The molecule has 0 atom stereocenters. The van der Waals surface area contributed by atoms with Gasteiger partial charge in [0.1, 0.15) is 0 Å². The first-order valence-electron chi connectivity index (χ1n) is 13.2. The van der Waals surface area contributed by atoms with Crippen molar-refractivity contribution in [1.29, 1.82) is 0 Å². The molecule has 1 aliphatic carbocycles. The summed E-state index contributed by atoms with van der Waals surface area (Å²) in [4.78, 5) is 24.7. The molecule has 3 aromatic carbocycles. The number of hydrogen-bond acceptors (Lipinski definition) is 2. The van der Waals surface area contributed by atoms with E-state index in [0.717, 1.165) is 47.9 Å². The minimum absolute atomic E-state index is 0.144. The molecule has 1 aliphatic rings. The maximum Gasteiger partial charge on any atom is 0.336 e. The molecule has 1 saturated carbocycles. The van der Waals surface area contributed by atoms with E-state index in [9.17, 15) is 19.8 Å². The summed E-state index contributed by atoms with van der Waals surface area (Å²) < 4.78 is 0. The van der Waals surface area contributed by atoms with Gasteiger partial charge >= 0.3 is 11.9 Å². The van der Waals surface area contributed by atoms with Crippen molar-refractivity contribution < 1.29 is 19.8 Å². The van der Waals surface area contributed by atoms with Gasteiger partial charge in [0.15, 0.2) is 0 Å². The lowest BCUT2D eigenvalue weighted by Crippen LogP contribution is -2.14. The summed E-state index contributed by atoms with van der Waals surface area (Å²) >= 11 is 0. The Kier molecular flexibility index (Phi) is 7.93. The summed E-state index contributed by atoms with van der Waals surface area (Å²) in [6.07, 6.45) is 7.64.